The van der Waals surface area contributed by atoms with Gasteiger partial charge in [0, 0.05) is 12.6 Å². The molecule has 2 fully saturated rings. The summed E-state index contributed by atoms with van der Waals surface area (Å²) in [7, 11) is 0. The molecule has 1 aliphatic carbocycles. The lowest BCUT2D eigenvalue weighted by atomic mass is 9.99. The van der Waals surface area contributed by atoms with Crippen molar-refractivity contribution < 1.29 is 4.74 Å². The zero-order chi connectivity index (χ0) is 10.5. The molecule has 2 unspecified atom stereocenters. The molecule has 0 radical (unpaired) electrons. The van der Waals surface area contributed by atoms with Gasteiger partial charge in [-0.25, -0.2) is 0 Å². The van der Waals surface area contributed by atoms with Crippen LogP contribution in [0.15, 0.2) is 0 Å². The van der Waals surface area contributed by atoms with Crippen molar-refractivity contribution in [2.45, 2.75) is 64.0 Å². The Bertz CT molecular complexity index is 173. The van der Waals surface area contributed by atoms with Crippen LogP contribution >= 0.6 is 0 Å². The first-order chi connectivity index (χ1) is 7.40. The number of ether oxygens (including phenoxy) is 1. The van der Waals surface area contributed by atoms with Gasteiger partial charge in [-0.15, -0.1) is 0 Å². The van der Waals surface area contributed by atoms with E-state index in [2.05, 4.69) is 12.2 Å². The van der Waals surface area contributed by atoms with Gasteiger partial charge < -0.3 is 10.1 Å². The number of hydrogen-bond acceptors (Lipinski definition) is 2. The summed E-state index contributed by atoms with van der Waals surface area (Å²) in [4.78, 5) is 0. The molecule has 1 saturated carbocycles. The van der Waals surface area contributed by atoms with Gasteiger partial charge in [-0.3, -0.25) is 0 Å². The van der Waals surface area contributed by atoms with Crippen molar-refractivity contribution in [2.24, 2.45) is 5.92 Å². The van der Waals surface area contributed by atoms with Crippen LogP contribution in [0.25, 0.3) is 0 Å². The molecule has 0 aromatic heterocycles. The summed E-state index contributed by atoms with van der Waals surface area (Å²) >= 11 is 0. The minimum atomic E-state index is 0.550. The molecule has 0 spiro atoms. The fraction of sp³-hybridized carbons (Fsp3) is 1.00. The van der Waals surface area contributed by atoms with Crippen molar-refractivity contribution in [1.29, 1.82) is 0 Å². The average molecular weight is 211 g/mol. The Balaban J connectivity index is 1.72. The minimum Gasteiger partial charge on any atom is -0.378 e. The summed E-state index contributed by atoms with van der Waals surface area (Å²) in [6.45, 7) is 4.41. The van der Waals surface area contributed by atoms with Gasteiger partial charge in [0.1, 0.15) is 0 Å². The quantitative estimate of drug-likeness (QED) is 0.729. The van der Waals surface area contributed by atoms with Crippen LogP contribution < -0.4 is 5.32 Å². The second kappa shape index (κ2) is 5.86. The Morgan fingerprint density at radius 1 is 1.27 bits per heavy atom. The molecule has 1 N–H and O–H groups in total. The van der Waals surface area contributed by atoms with E-state index in [1.807, 2.05) is 0 Å². The fourth-order valence-corrected chi connectivity index (χ4v) is 2.55. The highest BCUT2D eigenvalue weighted by Gasteiger charge is 2.32. The summed E-state index contributed by atoms with van der Waals surface area (Å²) in [5, 5.41) is 3.70. The molecule has 0 aromatic carbocycles. The lowest BCUT2D eigenvalue weighted by Crippen LogP contribution is -2.36. The first kappa shape index (κ1) is 11.4. The van der Waals surface area contributed by atoms with Crippen molar-refractivity contribution in [3.05, 3.63) is 0 Å². The third-order valence-electron chi connectivity index (χ3n) is 3.64. The van der Waals surface area contributed by atoms with Gasteiger partial charge >= 0.3 is 0 Å². The van der Waals surface area contributed by atoms with Gasteiger partial charge in [-0.1, -0.05) is 6.92 Å². The van der Waals surface area contributed by atoms with Crippen molar-refractivity contribution in [2.75, 3.05) is 13.2 Å². The van der Waals surface area contributed by atoms with Crippen molar-refractivity contribution in [3.63, 3.8) is 0 Å². The molecule has 0 aromatic rings. The first-order valence-corrected chi connectivity index (χ1v) is 6.75. The predicted molar refractivity (Wildman–Crippen MR) is 63.0 cm³/mol. The van der Waals surface area contributed by atoms with Crippen LogP contribution in [0.5, 0.6) is 0 Å². The number of hydrogen-bond donors (Lipinski definition) is 1. The Kier molecular flexibility index (Phi) is 4.45. The SMILES string of the molecule is CCCNC(CC1CCCCO1)C1CC1. The van der Waals surface area contributed by atoms with Crippen LogP contribution in [-0.2, 0) is 4.74 Å². The Labute approximate surface area is 93.8 Å². The van der Waals surface area contributed by atoms with Crippen LogP contribution in [0, 0.1) is 5.92 Å². The maximum Gasteiger partial charge on any atom is 0.0590 e. The summed E-state index contributed by atoms with van der Waals surface area (Å²) in [6, 6.07) is 0.744. The molecule has 0 amide bonds. The van der Waals surface area contributed by atoms with Crippen molar-refractivity contribution >= 4 is 0 Å². The third-order valence-corrected chi connectivity index (χ3v) is 3.64. The minimum absolute atomic E-state index is 0.550. The standard InChI is InChI=1S/C13H25NO/c1-2-8-14-13(11-6-7-11)10-12-5-3-4-9-15-12/h11-14H,2-10H2,1H3. The van der Waals surface area contributed by atoms with E-state index < -0.39 is 0 Å². The predicted octanol–water partition coefficient (Wildman–Crippen LogP) is 2.72. The van der Waals surface area contributed by atoms with Gasteiger partial charge in [-0.2, -0.15) is 0 Å². The lowest BCUT2D eigenvalue weighted by molar-refractivity contribution is 0.00383. The van der Waals surface area contributed by atoms with Gasteiger partial charge in [0.15, 0.2) is 0 Å². The third kappa shape index (κ3) is 3.76. The summed E-state index contributed by atoms with van der Waals surface area (Å²) in [5.41, 5.74) is 0. The van der Waals surface area contributed by atoms with Crippen molar-refractivity contribution in [3.8, 4) is 0 Å². The highest BCUT2D eigenvalue weighted by atomic mass is 16.5. The highest BCUT2D eigenvalue weighted by Crippen LogP contribution is 2.35. The maximum absolute atomic E-state index is 5.83. The van der Waals surface area contributed by atoms with E-state index in [0.717, 1.165) is 18.6 Å². The van der Waals surface area contributed by atoms with Crippen molar-refractivity contribution in [1.82, 2.24) is 5.32 Å². The molecule has 2 nitrogen and oxygen atoms in total. The van der Waals surface area contributed by atoms with Crippen LogP contribution in [0.3, 0.4) is 0 Å². The van der Waals surface area contributed by atoms with E-state index in [0.29, 0.717) is 6.10 Å². The Hall–Kier alpha value is -0.0800. The fourth-order valence-electron chi connectivity index (χ4n) is 2.55. The van der Waals surface area contributed by atoms with E-state index >= 15 is 0 Å². The number of rotatable bonds is 6. The molecule has 15 heavy (non-hydrogen) atoms. The van der Waals surface area contributed by atoms with Gasteiger partial charge in [0.2, 0.25) is 0 Å². The second-order valence-electron chi connectivity index (χ2n) is 5.12. The Morgan fingerprint density at radius 2 is 2.13 bits per heavy atom. The molecule has 2 atom stereocenters. The van der Waals surface area contributed by atoms with Crippen LogP contribution in [0.1, 0.15) is 51.9 Å². The van der Waals surface area contributed by atoms with Crippen LogP contribution in [-0.4, -0.2) is 25.3 Å². The molecular formula is C13H25NO. The number of nitrogens with one attached hydrogen (secondary N) is 1. The zero-order valence-corrected chi connectivity index (χ0v) is 10.0. The second-order valence-corrected chi connectivity index (χ2v) is 5.12. The topological polar surface area (TPSA) is 21.3 Å². The monoisotopic (exact) mass is 211 g/mol. The first-order valence-electron chi connectivity index (χ1n) is 6.75. The van der Waals surface area contributed by atoms with E-state index in [4.69, 9.17) is 4.74 Å². The average Bonchev–Trinajstić information content (AvgIpc) is 3.09. The zero-order valence-electron chi connectivity index (χ0n) is 10.0. The van der Waals surface area contributed by atoms with Crippen LogP contribution in [0.2, 0.25) is 0 Å². The summed E-state index contributed by atoms with van der Waals surface area (Å²) < 4.78 is 5.83. The molecule has 1 aliphatic heterocycles. The lowest BCUT2D eigenvalue weighted by Gasteiger charge is -2.27. The normalized spacial score (nSPS) is 29.0. The van der Waals surface area contributed by atoms with E-state index in [-0.39, 0.29) is 0 Å². The summed E-state index contributed by atoms with van der Waals surface area (Å²) in [6.07, 6.45) is 9.86. The molecule has 2 aliphatic rings. The Morgan fingerprint density at radius 3 is 2.73 bits per heavy atom. The molecular weight excluding hydrogens is 186 g/mol. The van der Waals surface area contributed by atoms with Gasteiger partial charge in [0.05, 0.1) is 6.10 Å². The molecule has 1 saturated heterocycles. The smallest absolute Gasteiger partial charge is 0.0590 e. The van der Waals surface area contributed by atoms with Gasteiger partial charge in [-0.05, 0) is 57.4 Å². The van der Waals surface area contributed by atoms with E-state index in [1.165, 1.54) is 51.5 Å². The molecule has 0 bridgehead atoms. The molecule has 1 heterocycles. The molecule has 88 valence electrons. The van der Waals surface area contributed by atoms with E-state index in [1.54, 1.807) is 0 Å². The van der Waals surface area contributed by atoms with Gasteiger partial charge in [0.25, 0.3) is 0 Å². The van der Waals surface area contributed by atoms with E-state index in [9.17, 15) is 0 Å². The summed E-state index contributed by atoms with van der Waals surface area (Å²) in [5.74, 6) is 0.960. The molecule has 2 rings (SSSR count). The molecule has 2 heteroatoms. The van der Waals surface area contributed by atoms with Crippen LogP contribution in [0.4, 0.5) is 0 Å². The maximum atomic E-state index is 5.83. The highest BCUT2D eigenvalue weighted by molar-refractivity contribution is 4.88. The largest absolute Gasteiger partial charge is 0.378 e.